The lowest BCUT2D eigenvalue weighted by Crippen LogP contribution is -2.33. The van der Waals surface area contributed by atoms with Crippen LogP contribution in [0, 0.1) is 6.92 Å². The molecule has 0 radical (unpaired) electrons. The number of rotatable bonds is 9. The van der Waals surface area contributed by atoms with Crippen LogP contribution in [0.1, 0.15) is 43.4 Å². The summed E-state index contributed by atoms with van der Waals surface area (Å²) in [6.45, 7) is 4.02. The summed E-state index contributed by atoms with van der Waals surface area (Å²) in [5.74, 6) is -0.0908. The molecule has 0 bridgehead atoms. The maximum Gasteiger partial charge on any atom is 0.232 e. The van der Waals surface area contributed by atoms with Crippen LogP contribution >= 0.6 is 11.6 Å². The lowest BCUT2D eigenvalue weighted by molar-refractivity contribution is -0.121. The highest BCUT2D eigenvalue weighted by Crippen LogP contribution is 2.28. The monoisotopic (exact) mass is 422 g/mol. The molecule has 0 spiro atoms. The Hall–Kier alpha value is -2.05. The van der Waals surface area contributed by atoms with Crippen molar-refractivity contribution in [2.75, 3.05) is 17.1 Å². The molecule has 0 aliphatic heterocycles. The van der Waals surface area contributed by atoms with E-state index in [1.165, 1.54) is 4.31 Å². The van der Waals surface area contributed by atoms with Gasteiger partial charge in [0.25, 0.3) is 0 Å². The van der Waals surface area contributed by atoms with Crippen molar-refractivity contribution in [1.29, 1.82) is 0 Å². The van der Waals surface area contributed by atoms with Crippen LogP contribution in [0.15, 0.2) is 48.5 Å². The first-order valence-electron chi connectivity index (χ1n) is 9.31. The van der Waals surface area contributed by atoms with Crippen LogP contribution in [0.25, 0.3) is 0 Å². The minimum absolute atomic E-state index is 0.0464. The maximum atomic E-state index is 12.4. The molecular formula is C21H27ClN2O3S. The molecule has 0 unspecified atom stereocenters. The van der Waals surface area contributed by atoms with Gasteiger partial charge in [0, 0.05) is 18.0 Å². The second-order valence-corrected chi connectivity index (χ2v) is 9.08. The van der Waals surface area contributed by atoms with Gasteiger partial charge in [-0.05, 0) is 43.0 Å². The summed E-state index contributed by atoms with van der Waals surface area (Å²) in [6.07, 6.45) is 2.61. The van der Waals surface area contributed by atoms with Crippen LogP contribution in [0.4, 0.5) is 5.69 Å². The second kappa shape index (κ2) is 9.94. The van der Waals surface area contributed by atoms with E-state index in [1.807, 2.05) is 37.3 Å². The van der Waals surface area contributed by atoms with E-state index in [4.69, 9.17) is 11.6 Å². The van der Waals surface area contributed by atoms with Gasteiger partial charge >= 0.3 is 0 Å². The van der Waals surface area contributed by atoms with E-state index in [1.54, 1.807) is 25.1 Å². The van der Waals surface area contributed by atoms with Gasteiger partial charge in [-0.2, -0.15) is 0 Å². The molecule has 2 aromatic carbocycles. The van der Waals surface area contributed by atoms with Gasteiger partial charge in [-0.25, -0.2) is 8.42 Å². The van der Waals surface area contributed by atoms with Gasteiger partial charge in [0.15, 0.2) is 0 Å². The third-order valence-corrected chi connectivity index (χ3v) is 6.21. The Morgan fingerprint density at radius 3 is 2.43 bits per heavy atom. The van der Waals surface area contributed by atoms with Gasteiger partial charge in [0.2, 0.25) is 15.9 Å². The number of carbonyl (C=O) groups excluding carboxylic acids is 1. The molecule has 0 saturated heterocycles. The zero-order chi connectivity index (χ0) is 20.7. The number of anilines is 1. The van der Waals surface area contributed by atoms with E-state index in [0.717, 1.165) is 18.2 Å². The predicted octanol–water partition coefficient (Wildman–Crippen LogP) is 4.46. The first-order valence-corrected chi connectivity index (χ1v) is 11.5. The van der Waals surface area contributed by atoms with Crippen molar-refractivity contribution in [2.45, 2.75) is 39.2 Å². The van der Waals surface area contributed by atoms with Gasteiger partial charge in [-0.1, -0.05) is 54.9 Å². The summed E-state index contributed by atoms with van der Waals surface area (Å²) < 4.78 is 25.8. The fraction of sp³-hybridized carbons (Fsp3) is 0.381. The molecule has 2 rings (SSSR count). The Bertz CT molecular complexity index is 901. The zero-order valence-corrected chi connectivity index (χ0v) is 18.1. The van der Waals surface area contributed by atoms with Crippen molar-refractivity contribution in [1.82, 2.24) is 5.32 Å². The number of amides is 1. The number of hydrogen-bond acceptors (Lipinski definition) is 3. The number of nitrogens with zero attached hydrogens (tertiary/aromatic N) is 1. The highest BCUT2D eigenvalue weighted by Gasteiger charge is 2.20. The van der Waals surface area contributed by atoms with Crippen LogP contribution in [0.2, 0.25) is 5.02 Å². The Kier molecular flexibility index (Phi) is 7.89. The number of carbonyl (C=O) groups is 1. The minimum Gasteiger partial charge on any atom is -0.349 e. The Balaban J connectivity index is 2.00. The molecular weight excluding hydrogens is 396 g/mol. The third kappa shape index (κ3) is 5.97. The van der Waals surface area contributed by atoms with E-state index in [9.17, 15) is 13.2 Å². The van der Waals surface area contributed by atoms with Gasteiger partial charge in [-0.15, -0.1) is 0 Å². The lowest BCUT2D eigenvalue weighted by atomic mass is 10.0. The van der Waals surface area contributed by atoms with E-state index >= 15 is 0 Å². The minimum atomic E-state index is -3.48. The Morgan fingerprint density at radius 1 is 1.14 bits per heavy atom. The van der Waals surface area contributed by atoms with Gasteiger partial charge in [-0.3, -0.25) is 9.10 Å². The molecule has 5 nitrogen and oxygen atoms in total. The molecule has 1 amide bonds. The fourth-order valence-electron chi connectivity index (χ4n) is 3.09. The topological polar surface area (TPSA) is 66.5 Å². The number of benzene rings is 2. The summed E-state index contributed by atoms with van der Waals surface area (Å²) in [6, 6.07) is 14.9. The van der Waals surface area contributed by atoms with E-state index in [-0.39, 0.29) is 24.9 Å². The molecule has 28 heavy (non-hydrogen) atoms. The van der Waals surface area contributed by atoms with Crippen molar-refractivity contribution < 1.29 is 13.2 Å². The van der Waals surface area contributed by atoms with Crippen LogP contribution in [-0.4, -0.2) is 27.1 Å². The molecule has 2 aromatic rings. The number of hydrogen-bond donors (Lipinski definition) is 1. The van der Waals surface area contributed by atoms with Gasteiger partial charge in [0.05, 0.1) is 18.0 Å². The normalized spacial score (nSPS) is 12.4. The van der Waals surface area contributed by atoms with Crippen molar-refractivity contribution in [2.24, 2.45) is 0 Å². The first kappa shape index (κ1) is 22.2. The summed E-state index contributed by atoms with van der Waals surface area (Å²) in [4.78, 5) is 12.4. The van der Waals surface area contributed by atoms with Crippen molar-refractivity contribution >= 4 is 33.2 Å². The molecule has 1 atom stereocenters. The van der Waals surface area contributed by atoms with Crippen LogP contribution in [0.3, 0.4) is 0 Å². The number of sulfonamides is 1. The summed E-state index contributed by atoms with van der Waals surface area (Å²) >= 11 is 6.14. The van der Waals surface area contributed by atoms with Crippen molar-refractivity contribution in [3.8, 4) is 0 Å². The number of halogens is 1. The zero-order valence-electron chi connectivity index (χ0n) is 16.5. The average Bonchev–Trinajstić information content (AvgIpc) is 2.66. The molecule has 0 saturated carbocycles. The summed E-state index contributed by atoms with van der Waals surface area (Å²) in [5.41, 5.74) is 2.31. The van der Waals surface area contributed by atoms with E-state index < -0.39 is 10.0 Å². The third-order valence-electron chi connectivity index (χ3n) is 4.62. The van der Waals surface area contributed by atoms with Gasteiger partial charge < -0.3 is 5.32 Å². The van der Waals surface area contributed by atoms with Crippen LogP contribution in [-0.2, 0) is 14.8 Å². The smallest absolute Gasteiger partial charge is 0.232 e. The average molecular weight is 423 g/mol. The van der Waals surface area contributed by atoms with Gasteiger partial charge in [0.1, 0.15) is 0 Å². The second-order valence-electron chi connectivity index (χ2n) is 6.76. The lowest BCUT2D eigenvalue weighted by Gasteiger charge is -2.24. The molecule has 0 aliphatic carbocycles. The molecule has 1 N–H and O–H groups in total. The summed E-state index contributed by atoms with van der Waals surface area (Å²) in [7, 11) is -3.48. The van der Waals surface area contributed by atoms with Crippen molar-refractivity contribution in [3.63, 3.8) is 0 Å². The number of nitrogens with one attached hydrogen (secondary N) is 1. The maximum absolute atomic E-state index is 12.4. The van der Waals surface area contributed by atoms with E-state index in [2.05, 4.69) is 5.32 Å². The Morgan fingerprint density at radius 2 is 1.82 bits per heavy atom. The first-order chi connectivity index (χ1) is 13.2. The standard InChI is InChI=1S/C21H27ClN2O3S/c1-4-19(17-10-6-5-7-11-17)23-21(25)14-9-15-24(28(3,26)27)20-13-8-12-18(22)16(20)2/h5-8,10-13,19H,4,9,14-15H2,1-3H3,(H,23,25)/t19-/m1/s1. The predicted molar refractivity (Wildman–Crippen MR) is 115 cm³/mol. The van der Waals surface area contributed by atoms with E-state index in [0.29, 0.717) is 22.7 Å². The fourth-order valence-corrected chi connectivity index (χ4v) is 4.27. The summed E-state index contributed by atoms with van der Waals surface area (Å²) in [5, 5.41) is 3.54. The molecule has 7 heteroatoms. The molecule has 0 heterocycles. The van der Waals surface area contributed by atoms with Crippen molar-refractivity contribution in [3.05, 3.63) is 64.7 Å². The highest BCUT2D eigenvalue weighted by atomic mass is 35.5. The molecule has 0 aliphatic rings. The highest BCUT2D eigenvalue weighted by molar-refractivity contribution is 7.92. The van der Waals surface area contributed by atoms with Crippen LogP contribution < -0.4 is 9.62 Å². The SMILES string of the molecule is CC[C@@H](NC(=O)CCCN(c1cccc(Cl)c1C)S(C)(=O)=O)c1ccccc1. The molecule has 0 aromatic heterocycles. The Labute approximate surface area is 172 Å². The molecule has 152 valence electrons. The molecule has 0 fully saturated rings. The largest absolute Gasteiger partial charge is 0.349 e. The van der Waals surface area contributed by atoms with Crippen LogP contribution in [0.5, 0.6) is 0 Å². The quantitative estimate of drug-likeness (QED) is 0.648.